The van der Waals surface area contributed by atoms with Gasteiger partial charge in [0.25, 0.3) is 11.9 Å². The molecule has 0 fully saturated rings. The van der Waals surface area contributed by atoms with Crippen LogP contribution in [0, 0.1) is 12.3 Å². The maximum Gasteiger partial charge on any atom is 0.291 e. The van der Waals surface area contributed by atoms with E-state index in [1.807, 2.05) is 66.2 Å². The Hall–Kier alpha value is -5.25. The molecule has 0 aliphatic carbocycles. The molecule has 0 bridgehead atoms. The highest BCUT2D eigenvalue weighted by Gasteiger charge is 2.26. The summed E-state index contributed by atoms with van der Waals surface area (Å²) in [4.78, 5) is 26.0. The van der Waals surface area contributed by atoms with E-state index in [-0.39, 0.29) is 11.9 Å². The highest BCUT2D eigenvalue weighted by Crippen LogP contribution is 2.26. The van der Waals surface area contributed by atoms with Crippen molar-refractivity contribution >= 4 is 29.2 Å². The number of carbonyl (C=O) groups excluding carboxylic acids is 1. The number of nitrogens with zero attached hydrogens (tertiary/aromatic N) is 4. The summed E-state index contributed by atoms with van der Waals surface area (Å²) in [5, 5.41) is 11.3. The summed E-state index contributed by atoms with van der Waals surface area (Å²) in [6.07, 6.45) is 2.33. The minimum atomic E-state index is -1.22. The molecule has 5 rings (SSSR count). The number of benzene rings is 3. The number of para-hydroxylation sites is 1. The van der Waals surface area contributed by atoms with Crippen LogP contribution in [0.15, 0.2) is 95.3 Å². The second-order valence-electron chi connectivity index (χ2n) is 8.46. The first kappa shape index (κ1) is 24.4. The quantitative estimate of drug-likeness (QED) is 0.279. The number of imidazole rings is 1. The lowest BCUT2D eigenvalue weighted by atomic mass is 10.0. The van der Waals surface area contributed by atoms with Crippen molar-refractivity contribution in [2.24, 2.45) is 15.7 Å². The molecule has 0 radical (unpaired) electrons. The lowest BCUT2D eigenvalue weighted by molar-refractivity contribution is -0.117. The van der Waals surface area contributed by atoms with Gasteiger partial charge in [0.05, 0.1) is 36.2 Å². The summed E-state index contributed by atoms with van der Waals surface area (Å²) in [7, 11) is 1.54. The van der Waals surface area contributed by atoms with Crippen LogP contribution in [0.3, 0.4) is 0 Å². The Morgan fingerprint density at radius 2 is 1.87 bits per heavy atom. The Labute approximate surface area is 219 Å². The molecule has 0 spiro atoms. The average Bonchev–Trinajstić information content (AvgIpc) is 3.31. The number of nitrogens with two attached hydrogens (primary N) is 1. The highest BCUT2D eigenvalue weighted by atomic mass is 16.5. The number of benzodiazepines with no additional fused rings is 1. The molecule has 0 saturated heterocycles. The molecule has 10 heteroatoms. The number of carbonyl (C=O) groups is 1. The van der Waals surface area contributed by atoms with Crippen LogP contribution in [0.5, 0.6) is 5.75 Å². The first-order valence-corrected chi connectivity index (χ1v) is 11.8. The molecule has 4 aromatic rings. The molecule has 0 saturated carbocycles. The molecule has 1 atom stereocenters. The second-order valence-corrected chi connectivity index (χ2v) is 8.46. The zero-order valence-electron chi connectivity index (χ0n) is 20.8. The number of anilines is 1. The van der Waals surface area contributed by atoms with Gasteiger partial charge in [-0.15, -0.1) is 0 Å². The van der Waals surface area contributed by atoms with Crippen LogP contribution in [0.1, 0.15) is 22.4 Å². The molecule has 1 aliphatic rings. The molecule has 1 aromatic heterocycles. The fourth-order valence-electron chi connectivity index (χ4n) is 4.06. The van der Waals surface area contributed by atoms with E-state index in [1.165, 1.54) is 7.11 Å². The van der Waals surface area contributed by atoms with E-state index < -0.39 is 12.1 Å². The van der Waals surface area contributed by atoms with E-state index in [9.17, 15) is 4.79 Å². The molecule has 38 heavy (non-hydrogen) atoms. The standard InChI is InChI=1S/C28H25N7O3/c1-17-15-35(16-31-17)22-13-12-19(14-23(22)37-2)25(29)38-28(30)34-26-27(36)32-21-11-7-6-10-20(21)24(33-26)18-8-4-3-5-9-18/h3-16,26,29H,1-2H3,(H2,30,34)(H,32,36). The first-order chi connectivity index (χ1) is 18.4. The summed E-state index contributed by atoms with van der Waals surface area (Å²) >= 11 is 0. The molecular formula is C28H25N7O3. The van der Waals surface area contributed by atoms with E-state index >= 15 is 0 Å². The van der Waals surface area contributed by atoms with Gasteiger partial charge < -0.3 is 25.1 Å². The maximum atomic E-state index is 13.0. The van der Waals surface area contributed by atoms with Crippen LogP contribution < -0.4 is 15.8 Å². The molecular weight excluding hydrogens is 482 g/mol. The van der Waals surface area contributed by atoms with Crippen LogP contribution in [-0.2, 0) is 9.53 Å². The summed E-state index contributed by atoms with van der Waals surface area (Å²) in [6, 6.07) is 21.7. The second kappa shape index (κ2) is 10.4. The van der Waals surface area contributed by atoms with Gasteiger partial charge >= 0.3 is 0 Å². The van der Waals surface area contributed by atoms with Gasteiger partial charge in [-0.25, -0.2) is 9.98 Å². The average molecular weight is 508 g/mol. The first-order valence-electron chi connectivity index (χ1n) is 11.8. The van der Waals surface area contributed by atoms with Crippen LogP contribution in [0.4, 0.5) is 5.69 Å². The number of hydrogen-bond acceptors (Lipinski definition) is 7. The predicted octanol–water partition coefficient (Wildman–Crippen LogP) is 3.66. The summed E-state index contributed by atoms with van der Waals surface area (Å²) < 4.78 is 12.8. The number of aryl methyl sites for hydroxylation is 1. The van der Waals surface area contributed by atoms with Crippen molar-refractivity contribution in [2.45, 2.75) is 13.1 Å². The topological polar surface area (TPSA) is 140 Å². The minimum absolute atomic E-state index is 0.262. The molecule has 1 amide bonds. The molecule has 10 nitrogen and oxygen atoms in total. The molecule has 1 unspecified atom stereocenters. The molecule has 4 N–H and O–H groups in total. The Morgan fingerprint density at radius 1 is 1.11 bits per heavy atom. The smallest absolute Gasteiger partial charge is 0.291 e. The Bertz CT molecular complexity index is 1570. The number of aliphatic imine (C=N–C) groups is 2. The lowest BCUT2D eigenvalue weighted by Crippen LogP contribution is -2.29. The van der Waals surface area contributed by atoms with E-state index in [0.29, 0.717) is 22.7 Å². The predicted molar refractivity (Wildman–Crippen MR) is 145 cm³/mol. The molecule has 3 aromatic carbocycles. The largest absolute Gasteiger partial charge is 0.495 e. The molecule has 2 heterocycles. The van der Waals surface area contributed by atoms with E-state index in [4.69, 9.17) is 20.6 Å². The fraction of sp³-hybridized carbons (Fsp3) is 0.107. The van der Waals surface area contributed by atoms with Crippen molar-refractivity contribution in [3.05, 3.63) is 108 Å². The number of hydrogen-bond donors (Lipinski definition) is 3. The summed E-state index contributed by atoms with van der Waals surface area (Å²) in [5.74, 6) is -0.215. The van der Waals surface area contributed by atoms with Crippen molar-refractivity contribution in [3.8, 4) is 11.4 Å². The Kier molecular flexibility index (Phi) is 6.68. The van der Waals surface area contributed by atoms with Gasteiger partial charge in [0.1, 0.15) is 5.75 Å². The lowest BCUT2D eigenvalue weighted by Gasteiger charge is -2.13. The third-order valence-corrected chi connectivity index (χ3v) is 5.86. The summed E-state index contributed by atoms with van der Waals surface area (Å²) in [5.41, 5.74) is 10.8. The van der Waals surface area contributed by atoms with Crippen LogP contribution in [0.2, 0.25) is 0 Å². The Morgan fingerprint density at radius 3 is 2.61 bits per heavy atom. The van der Waals surface area contributed by atoms with Gasteiger partial charge in [0.15, 0.2) is 0 Å². The van der Waals surface area contributed by atoms with Crippen molar-refractivity contribution in [3.63, 3.8) is 0 Å². The third-order valence-electron chi connectivity index (χ3n) is 5.86. The monoisotopic (exact) mass is 507 g/mol. The van der Waals surface area contributed by atoms with E-state index in [2.05, 4.69) is 20.3 Å². The van der Waals surface area contributed by atoms with Crippen molar-refractivity contribution in [1.82, 2.24) is 9.55 Å². The van der Waals surface area contributed by atoms with E-state index in [1.54, 1.807) is 30.6 Å². The van der Waals surface area contributed by atoms with Gasteiger partial charge in [-0.3, -0.25) is 10.2 Å². The SMILES string of the molecule is COc1cc(C(=N)OC(N)=NC2N=C(c3ccccc3)c3ccccc3NC2=O)ccc1-n1cnc(C)c1. The number of amidine groups is 1. The molecule has 190 valence electrons. The van der Waals surface area contributed by atoms with Crippen molar-refractivity contribution in [2.75, 3.05) is 12.4 Å². The number of nitrogens with one attached hydrogen (secondary N) is 2. The highest BCUT2D eigenvalue weighted by molar-refractivity contribution is 6.19. The normalized spacial score (nSPS) is 15.1. The number of rotatable bonds is 5. The van der Waals surface area contributed by atoms with Gasteiger partial charge in [0.2, 0.25) is 12.1 Å². The van der Waals surface area contributed by atoms with Gasteiger partial charge in [-0.2, -0.15) is 4.99 Å². The zero-order chi connectivity index (χ0) is 26.6. The number of aromatic nitrogens is 2. The molecule has 1 aliphatic heterocycles. The number of methoxy groups -OCH3 is 1. The minimum Gasteiger partial charge on any atom is -0.495 e. The third kappa shape index (κ3) is 5.00. The number of fused-ring (bicyclic) bond motifs is 1. The zero-order valence-corrected chi connectivity index (χ0v) is 20.8. The van der Waals surface area contributed by atoms with Gasteiger partial charge in [-0.05, 0) is 31.2 Å². The van der Waals surface area contributed by atoms with Crippen LogP contribution in [0.25, 0.3) is 5.69 Å². The van der Waals surface area contributed by atoms with Crippen LogP contribution in [-0.4, -0.2) is 46.4 Å². The van der Waals surface area contributed by atoms with Crippen LogP contribution >= 0.6 is 0 Å². The van der Waals surface area contributed by atoms with Gasteiger partial charge in [0, 0.05) is 22.9 Å². The van der Waals surface area contributed by atoms with Crippen molar-refractivity contribution < 1.29 is 14.3 Å². The van der Waals surface area contributed by atoms with Crippen molar-refractivity contribution in [1.29, 1.82) is 5.41 Å². The van der Waals surface area contributed by atoms with E-state index in [0.717, 1.165) is 22.5 Å². The maximum absolute atomic E-state index is 13.0. The number of amides is 1. The number of ether oxygens (including phenoxy) is 2. The fourth-order valence-corrected chi connectivity index (χ4v) is 4.06. The summed E-state index contributed by atoms with van der Waals surface area (Å²) in [6.45, 7) is 1.89. The van der Waals surface area contributed by atoms with Gasteiger partial charge in [-0.1, -0.05) is 48.5 Å². The Balaban J connectivity index is 1.41.